The monoisotopic (exact) mass is 360 g/mol. The summed E-state index contributed by atoms with van der Waals surface area (Å²) in [5.74, 6) is -0.345. The fourth-order valence-electron chi connectivity index (χ4n) is 2.31. The van der Waals surface area contributed by atoms with Crippen molar-refractivity contribution in [1.29, 1.82) is 0 Å². The predicted octanol–water partition coefficient (Wildman–Crippen LogP) is 2.33. The number of sulfonamides is 1. The maximum atomic E-state index is 12.3. The molecule has 1 unspecified atom stereocenters. The zero-order chi connectivity index (χ0) is 18.4. The smallest absolute Gasteiger partial charge is 0.241 e. The Bertz CT molecular complexity index is 813. The summed E-state index contributed by atoms with van der Waals surface area (Å²) >= 11 is 0. The van der Waals surface area contributed by atoms with Crippen LogP contribution in [-0.4, -0.2) is 26.9 Å². The normalized spacial score (nSPS) is 12.6. The van der Waals surface area contributed by atoms with E-state index in [1.807, 2.05) is 38.1 Å². The number of amides is 1. The lowest BCUT2D eigenvalue weighted by atomic mass is 10.1. The second-order valence-corrected chi connectivity index (χ2v) is 7.90. The quantitative estimate of drug-likeness (QED) is 0.796. The van der Waals surface area contributed by atoms with Crippen LogP contribution in [0.3, 0.4) is 0 Å². The van der Waals surface area contributed by atoms with Gasteiger partial charge in [-0.15, -0.1) is 0 Å². The first-order valence-electron chi connectivity index (χ1n) is 8.20. The van der Waals surface area contributed by atoms with E-state index in [0.717, 1.165) is 11.1 Å². The molecule has 5 nitrogen and oxygen atoms in total. The summed E-state index contributed by atoms with van der Waals surface area (Å²) in [5.41, 5.74) is 3.28. The second-order valence-electron chi connectivity index (χ2n) is 6.18. The predicted molar refractivity (Wildman–Crippen MR) is 98.9 cm³/mol. The molecule has 2 aromatic carbocycles. The van der Waals surface area contributed by atoms with Crippen LogP contribution in [0, 0.1) is 13.8 Å². The molecule has 0 bridgehead atoms. The van der Waals surface area contributed by atoms with Crippen molar-refractivity contribution in [3.63, 3.8) is 0 Å². The molecule has 25 heavy (non-hydrogen) atoms. The first-order chi connectivity index (χ1) is 11.8. The van der Waals surface area contributed by atoms with E-state index in [4.69, 9.17) is 0 Å². The van der Waals surface area contributed by atoms with Gasteiger partial charge in [0.25, 0.3) is 0 Å². The number of nitrogens with one attached hydrogen (secondary N) is 2. The third kappa shape index (κ3) is 5.69. The molecule has 2 N–H and O–H groups in total. The summed E-state index contributed by atoms with van der Waals surface area (Å²) in [6.45, 7) is 5.90. The van der Waals surface area contributed by atoms with Crippen LogP contribution in [0.4, 0.5) is 0 Å². The van der Waals surface area contributed by atoms with Gasteiger partial charge < -0.3 is 5.32 Å². The number of aryl methyl sites for hydroxylation is 2. The molecule has 0 aliphatic heterocycles. The van der Waals surface area contributed by atoms with E-state index >= 15 is 0 Å². The lowest BCUT2D eigenvalue weighted by Crippen LogP contribution is -2.45. The number of hydrogen-bond donors (Lipinski definition) is 2. The Labute approximate surface area is 149 Å². The molecular weight excluding hydrogens is 336 g/mol. The van der Waals surface area contributed by atoms with Gasteiger partial charge in [0.1, 0.15) is 0 Å². The van der Waals surface area contributed by atoms with Crippen molar-refractivity contribution in [2.24, 2.45) is 0 Å². The Hall–Kier alpha value is -2.18. The highest BCUT2D eigenvalue weighted by Gasteiger charge is 2.21. The second kappa shape index (κ2) is 8.27. The molecule has 1 amide bonds. The van der Waals surface area contributed by atoms with Gasteiger partial charge in [0.2, 0.25) is 15.9 Å². The van der Waals surface area contributed by atoms with Crippen LogP contribution < -0.4 is 10.0 Å². The molecule has 2 aromatic rings. The average molecular weight is 360 g/mol. The highest BCUT2D eigenvalue weighted by molar-refractivity contribution is 7.89. The molecule has 2 rings (SSSR count). The van der Waals surface area contributed by atoms with Gasteiger partial charge in [0.05, 0.1) is 10.9 Å². The highest BCUT2D eigenvalue weighted by Crippen LogP contribution is 2.10. The van der Waals surface area contributed by atoms with E-state index in [2.05, 4.69) is 10.0 Å². The molecule has 0 radical (unpaired) electrons. The third-order valence-corrected chi connectivity index (χ3v) is 5.45. The maximum absolute atomic E-state index is 12.3. The molecule has 0 fully saturated rings. The summed E-state index contributed by atoms with van der Waals surface area (Å²) in [7, 11) is -3.71. The zero-order valence-electron chi connectivity index (χ0n) is 14.7. The number of benzene rings is 2. The van der Waals surface area contributed by atoms with Gasteiger partial charge in [-0.05, 0) is 44.9 Å². The molecule has 0 aliphatic carbocycles. The Morgan fingerprint density at radius 1 is 0.960 bits per heavy atom. The number of rotatable bonds is 7. The number of hydrogen-bond acceptors (Lipinski definition) is 3. The molecule has 0 aromatic heterocycles. The minimum atomic E-state index is -3.71. The van der Waals surface area contributed by atoms with Crippen molar-refractivity contribution in [2.75, 3.05) is 6.54 Å². The summed E-state index contributed by atoms with van der Waals surface area (Å²) in [6.07, 6.45) is 0.698. The average Bonchev–Trinajstić information content (AvgIpc) is 2.56. The molecule has 0 saturated heterocycles. The Morgan fingerprint density at radius 2 is 1.48 bits per heavy atom. The van der Waals surface area contributed by atoms with E-state index in [0.29, 0.717) is 13.0 Å². The van der Waals surface area contributed by atoms with Gasteiger partial charge in [-0.1, -0.05) is 47.5 Å². The summed E-state index contributed by atoms with van der Waals surface area (Å²) in [4.78, 5) is 12.3. The minimum Gasteiger partial charge on any atom is -0.354 e. The van der Waals surface area contributed by atoms with Gasteiger partial charge in [-0.25, -0.2) is 8.42 Å². The van der Waals surface area contributed by atoms with E-state index in [-0.39, 0.29) is 10.8 Å². The first kappa shape index (κ1) is 19.1. The molecule has 0 spiro atoms. The SMILES string of the molecule is Cc1ccc(CCNC(=O)C(C)NS(=O)(=O)c2ccc(C)cc2)cc1. The van der Waals surface area contributed by atoms with Gasteiger partial charge in [-0.3, -0.25) is 4.79 Å². The lowest BCUT2D eigenvalue weighted by molar-refractivity contribution is -0.122. The summed E-state index contributed by atoms with van der Waals surface area (Å²) in [6, 6.07) is 13.7. The Balaban J connectivity index is 1.86. The van der Waals surface area contributed by atoms with E-state index < -0.39 is 16.1 Å². The molecule has 1 atom stereocenters. The van der Waals surface area contributed by atoms with Crippen LogP contribution in [0.5, 0.6) is 0 Å². The lowest BCUT2D eigenvalue weighted by Gasteiger charge is -2.14. The van der Waals surface area contributed by atoms with Crippen molar-refractivity contribution in [3.05, 3.63) is 65.2 Å². The summed E-state index contributed by atoms with van der Waals surface area (Å²) in [5, 5.41) is 2.76. The highest BCUT2D eigenvalue weighted by atomic mass is 32.2. The molecule has 0 heterocycles. The molecule has 134 valence electrons. The third-order valence-electron chi connectivity index (χ3n) is 3.89. The fourth-order valence-corrected chi connectivity index (χ4v) is 3.51. The van der Waals surface area contributed by atoms with Gasteiger partial charge >= 0.3 is 0 Å². The molecule has 6 heteroatoms. The van der Waals surface area contributed by atoms with Crippen LogP contribution >= 0.6 is 0 Å². The number of carbonyl (C=O) groups excluding carboxylic acids is 1. The zero-order valence-corrected chi connectivity index (χ0v) is 15.6. The van der Waals surface area contributed by atoms with Crippen molar-refractivity contribution in [3.8, 4) is 0 Å². The van der Waals surface area contributed by atoms with E-state index in [1.165, 1.54) is 24.6 Å². The Morgan fingerprint density at radius 3 is 2.04 bits per heavy atom. The minimum absolute atomic E-state index is 0.150. The standard InChI is InChI=1S/C19H24N2O3S/c1-14-4-8-17(9-5-14)12-13-20-19(22)16(3)21-25(23,24)18-10-6-15(2)7-11-18/h4-11,16,21H,12-13H2,1-3H3,(H,20,22). The van der Waals surface area contributed by atoms with Gasteiger partial charge in [0, 0.05) is 6.54 Å². The topological polar surface area (TPSA) is 75.3 Å². The van der Waals surface area contributed by atoms with Crippen molar-refractivity contribution < 1.29 is 13.2 Å². The molecular formula is C19H24N2O3S. The van der Waals surface area contributed by atoms with Gasteiger partial charge in [-0.2, -0.15) is 4.72 Å². The summed E-state index contributed by atoms with van der Waals surface area (Å²) < 4.78 is 27.0. The van der Waals surface area contributed by atoms with Crippen LogP contribution in [0.1, 0.15) is 23.6 Å². The molecule has 0 saturated carbocycles. The fraction of sp³-hybridized carbons (Fsp3) is 0.316. The van der Waals surface area contributed by atoms with Crippen LogP contribution in [0.15, 0.2) is 53.4 Å². The van der Waals surface area contributed by atoms with Crippen LogP contribution in [0.2, 0.25) is 0 Å². The van der Waals surface area contributed by atoms with E-state index in [1.54, 1.807) is 12.1 Å². The van der Waals surface area contributed by atoms with Crippen molar-refractivity contribution in [1.82, 2.24) is 10.0 Å². The first-order valence-corrected chi connectivity index (χ1v) is 9.68. The Kier molecular flexibility index (Phi) is 6.33. The van der Waals surface area contributed by atoms with Crippen molar-refractivity contribution >= 4 is 15.9 Å². The maximum Gasteiger partial charge on any atom is 0.241 e. The van der Waals surface area contributed by atoms with Crippen molar-refractivity contribution in [2.45, 2.75) is 38.1 Å². The van der Waals surface area contributed by atoms with Crippen LogP contribution in [-0.2, 0) is 21.2 Å². The van der Waals surface area contributed by atoms with Gasteiger partial charge in [0.15, 0.2) is 0 Å². The van der Waals surface area contributed by atoms with E-state index in [9.17, 15) is 13.2 Å². The molecule has 0 aliphatic rings. The van der Waals surface area contributed by atoms with Crippen LogP contribution in [0.25, 0.3) is 0 Å². The number of carbonyl (C=O) groups is 1. The largest absolute Gasteiger partial charge is 0.354 e.